The molecule has 1 aromatic heterocycles. The summed E-state index contributed by atoms with van der Waals surface area (Å²) in [5.74, 6) is 1.73. The van der Waals surface area contributed by atoms with E-state index in [-0.39, 0.29) is 11.7 Å². The maximum absolute atomic E-state index is 13.3. The number of benzene rings is 2. The van der Waals surface area contributed by atoms with Crippen LogP contribution < -0.4 is 10.1 Å². The molecule has 0 spiro atoms. The first-order valence-electron chi connectivity index (χ1n) is 8.39. The van der Waals surface area contributed by atoms with Crippen molar-refractivity contribution in [2.24, 2.45) is 0 Å². The summed E-state index contributed by atoms with van der Waals surface area (Å²) in [6.45, 7) is 1.53. The Morgan fingerprint density at radius 2 is 1.68 bits per heavy atom. The highest BCUT2D eigenvalue weighted by molar-refractivity contribution is 5.36. The number of furan rings is 1. The van der Waals surface area contributed by atoms with Crippen molar-refractivity contribution < 1.29 is 13.5 Å². The summed E-state index contributed by atoms with van der Waals surface area (Å²) in [5, 5.41) is 3.40. The predicted molar refractivity (Wildman–Crippen MR) is 96.3 cm³/mol. The summed E-state index contributed by atoms with van der Waals surface area (Å²) in [6, 6.07) is 18.6. The molecule has 0 aliphatic carbocycles. The van der Waals surface area contributed by atoms with Crippen LogP contribution in [0.4, 0.5) is 4.39 Å². The van der Waals surface area contributed by atoms with Gasteiger partial charge in [-0.25, -0.2) is 4.39 Å². The van der Waals surface area contributed by atoms with Crippen molar-refractivity contribution in [2.45, 2.75) is 18.9 Å². The van der Waals surface area contributed by atoms with Crippen molar-refractivity contribution >= 4 is 0 Å². The Morgan fingerprint density at radius 1 is 1.00 bits per heavy atom. The van der Waals surface area contributed by atoms with Gasteiger partial charge in [0.1, 0.15) is 17.3 Å². The van der Waals surface area contributed by atoms with Crippen LogP contribution in [0.3, 0.4) is 0 Å². The largest absolute Gasteiger partial charge is 0.497 e. The lowest BCUT2D eigenvalue weighted by molar-refractivity contribution is 0.414. The molecule has 130 valence electrons. The fourth-order valence-electron chi connectivity index (χ4n) is 2.93. The van der Waals surface area contributed by atoms with Crippen LogP contribution in [0.2, 0.25) is 0 Å². The fraction of sp³-hybridized carbons (Fsp3) is 0.238. The van der Waals surface area contributed by atoms with Gasteiger partial charge in [0.15, 0.2) is 0 Å². The minimum atomic E-state index is -0.215. The van der Waals surface area contributed by atoms with Gasteiger partial charge in [-0.05, 0) is 60.5 Å². The van der Waals surface area contributed by atoms with Crippen LogP contribution in [0, 0.1) is 5.82 Å². The van der Waals surface area contributed by atoms with Gasteiger partial charge in [0, 0.05) is 5.92 Å². The van der Waals surface area contributed by atoms with Crippen molar-refractivity contribution in [3.8, 4) is 5.75 Å². The monoisotopic (exact) mass is 339 g/mol. The Labute approximate surface area is 147 Å². The van der Waals surface area contributed by atoms with Gasteiger partial charge < -0.3 is 14.5 Å². The SMILES string of the molecule is COc1ccc(C(CCNCc2ccco2)c2ccc(F)cc2)cc1. The molecule has 3 nitrogen and oxygen atoms in total. The number of ether oxygens (including phenoxy) is 1. The lowest BCUT2D eigenvalue weighted by Crippen LogP contribution is -2.17. The van der Waals surface area contributed by atoms with Crippen molar-refractivity contribution in [3.05, 3.63) is 89.6 Å². The normalized spacial score (nSPS) is 12.1. The highest BCUT2D eigenvalue weighted by Crippen LogP contribution is 2.29. The van der Waals surface area contributed by atoms with E-state index in [1.165, 1.54) is 17.7 Å². The number of nitrogens with one attached hydrogen (secondary N) is 1. The third-order valence-electron chi connectivity index (χ3n) is 4.28. The molecule has 1 atom stereocenters. The molecule has 4 heteroatoms. The van der Waals surface area contributed by atoms with Gasteiger partial charge in [-0.1, -0.05) is 24.3 Å². The number of hydrogen-bond donors (Lipinski definition) is 1. The van der Waals surface area contributed by atoms with Crippen LogP contribution in [0.5, 0.6) is 5.75 Å². The molecule has 0 aliphatic rings. The van der Waals surface area contributed by atoms with Gasteiger partial charge in [-0.2, -0.15) is 0 Å². The molecule has 0 fully saturated rings. The molecule has 2 aromatic carbocycles. The number of methoxy groups -OCH3 is 1. The maximum atomic E-state index is 13.3. The Hall–Kier alpha value is -2.59. The van der Waals surface area contributed by atoms with E-state index >= 15 is 0 Å². The summed E-state index contributed by atoms with van der Waals surface area (Å²) >= 11 is 0. The second-order valence-electron chi connectivity index (χ2n) is 5.92. The van der Waals surface area contributed by atoms with Crippen LogP contribution in [0.25, 0.3) is 0 Å². The van der Waals surface area contributed by atoms with Crippen molar-refractivity contribution in [1.82, 2.24) is 5.32 Å². The molecule has 0 amide bonds. The number of rotatable bonds is 8. The molecular formula is C21H22FNO2. The molecule has 0 bridgehead atoms. The molecule has 0 saturated carbocycles. The van der Waals surface area contributed by atoms with E-state index in [0.717, 1.165) is 30.0 Å². The molecule has 0 radical (unpaired) electrons. The van der Waals surface area contributed by atoms with Gasteiger partial charge in [0.25, 0.3) is 0 Å². The Balaban J connectivity index is 1.70. The molecule has 25 heavy (non-hydrogen) atoms. The second-order valence-corrected chi connectivity index (χ2v) is 5.92. The van der Waals surface area contributed by atoms with Crippen LogP contribution in [0.1, 0.15) is 29.2 Å². The van der Waals surface area contributed by atoms with Crippen LogP contribution in [0.15, 0.2) is 71.3 Å². The fourth-order valence-corrected chi connectivity index (χ4v) is 2.93. The van der Waals surface area contributed by atoms with Crippen LogP contribution in [-0.2, 0) is 6.54 Å². The quantitative estimate of drug-likeness (QED) is 0.602. The molecule has 3 aromatic rings. The van der Waals surface area contributed by atoms with Crippen molar-refractivity contribution in [3.63, 3.8) is 0 Å². The number of halogens is 1. The van der Waals surface area contributed by atoms with E-state index in [1.54, 1.807) is 13.4 Å². The van der Waals surface area contributed by atoms with Crippen LogP contribution in [-0.4, -0.2) is 13.7 Å². The lowest BCUT2D eigenvalue weighted by atomic mass is 9.88. The highest BCUT2D eigenvalue weighted by Gasteiger charge is 2.14. The third-order valence-corrected chi connectivity index (χ3v) is 4.28. The zero-order valence-electron chi connectivity index (χ0n) is 14.2. The van der Waals surface area contributed by atoms with Gasteiger partial charge in [0.2, 0.25) is 0 Å². The zero-order chi connectivity index (χ0) is 17.5. The molecule has 0 aliphatic heterocycles. The highest BCUT2D eigenvalue weighted by atomic mass is 19.1. The first-order valence-corrected chi connectivity index (χ1v) is 8.39. The topological polar surface area (TPSA) is 34.4 Å². The minimum Gasteiger partial charge on any atom is -0.497 e. The Morgan fingerprint density at radius 3 is 2.28 bits per heavy atom. The molecule has 1 unspecified atom stereocenters. The maximum Gasteiger partial charge on any atom is 0.123 e. The average Bonchev–Trinajstić information content (AvgIpc) is 3.16. The molecule has 0 saturated heterocycles. The van der Waals surface area contributed by atoms with Gasteiger partial charge in [0.05, 0.1) is 19.9 Å². The lowest BCUT2D eigenvalue weighted by Gasteiger charge is -2.19. The summed E-state index contributed by atoms with van der Waals surface area (Å²) in [6.07, 6.45) is 2.58. The first-order chi connectivity index (χ1) is 12.3. The van der Waals surface area contributed by atoms with E-state index in [1.807, 2.05) is 36.4 Å². The summed E-state index contributed by atoms with van der Waals surface area (Å²) in [7, 11) is 1.66. The Bertz CT molecular complexity index is 752. The summed E-state index contributed by atoms with van der Waals surface area (Å²) in [4.78, 5) is 0. The third kappa shape index (κ3) is 4.70. The van der Waals surface area contributed by atoms with E-state index in [4.69, 9.17) is 9.15 Å². The predicted octanol–water partition coefficient (Wildman–Crippen LogP) is 4.74. The summed E-state index contributed by atoms with van der Waals surface area (Å²) < 4.78 is 23.8. The van der Waals surface area contributed by atoms with Gasteiger partial charge >= 0.3 is 0 Å². The second kappa shape index (κ2) is 8.49. The molecule has 1 heterocycles. The van der Waals surface area contributed by atoms with E-state index in [9.17, 15) is 4.39 Å². The van der Waals surface area contributed by atoms with E-state index < -0.39 is 0 Å². The van der Waals surface area contributed by atoms with Crippen LogP contribution >= 0.6 is 0 Å². The molecular weight excluding hydrogens is 317 g/mol. The number of hydrogen-bond acceptors (Lipinski definition) is 3. The van der Waals surface area contributed by atoms with E-state index in [0.29, 0.717) is 6.54 Å². The van der Waals surface area contributed by atoms with E-state index in [2.05, 4.69) is 17.4 Å². The van der Waals surface area contributed by atoms with Crippen molar-refractivity contribution in [2.75, 3.05) is 13.7 Å². The zero-order valence-corrected chi connectivity index (χ0v) is 14.2. The minimum absolute atomic E-state index is 0.190. The Kier molecular flexibility index (Phi) is 5.86. The van der Waals surface area contributed by atoms with Gasteiger partial charge in [-0.3, -0.25) is 0 Å². The average molecular weight is 339 g/mol. The van der Waals surface area contributed by atoms with Gasteiger partial charge in [-0.15, -0.1) is 0 Å². The molecule has 1 N–H and O–H groups in total. The molecule has 3 rings (SSSR count). The van der Waals surface area contributed by atoms with Crippen molar-refractivity contribution in [1.29, 1.82) is 0 Å². The smallest absolute Gasteiger partial charge is 0.123 e. The standard InChI is InChI=1S/C21H22FNO2/c1-24-19-10-6-17(7-11-19)21(16-4-8-18(22)9-5-16)12-13-23-15-20-3-2-14-25-20/h2-11,14,21,23H,12-13,15H2,1H3. The first kappa shape index (κ1) is 17.2. The summed E-state index contributed by atoms with van der Waals surface area (Å²) in [5.41, 5.74) is 2.29.